The second kappa shape index (κ2) is 8.46. The Balaban J connectivity index is 1.60. The van der Waals surface area contributed by atoms with Crippen LogP contribution in [-0.4, -0.2) is 27.2 Å². The molecule has 0 fully saturated rings. The molecular weight excluding hydrogens is 426 g/mol. The van der Waals surface area contributed by atoms with Crippen LogP contribution in [-0.2, 0) is 17.9 Å². The first-order valence-corrected chi connectivity index (χ1v) is 10.3. The van der Waals surface area contributed by atoms with E-state index in [1.807, 2.05) is 0 Å². The predicted octanol–water partition coefficient (Wildman–Crippen LogP) is 3.61. The van der Waals surface area contributed by atoms with Gasteiger partial charge in [-0.2, -0.15) is 4.98 Å². The van der Waals surface area contributed by atoms with E-state index in [0.29, 0.717) is 22.6 Å². The van der Waals surface area contributed by atoms with Gasteiger partial charge in [0, 0.05) is 16.5 Å². The lowest BCUT2D eigenvalue weighted by molar-refractivity contribution is -0.118. The van der Waals surface area contributed by atoms with Crippen LogP contribution in [0.2, 0.25) is 0 Å². The van der Waals surface area contributed by atoms with Crippen molar-refractivity contribution in [2.24, 2.45) is 0 Å². The number of aromatic nitrogens is 2. The molecule has 3 aromatic rings. The summed E-state index contributed by atoms with van der Waals surface area (Å²) >= 11 is 1.37. The second-order valence-electron chi connectivity index (χ2n) is 7.06. The van der Waals surface area contributed by atoms with Crippen molar-refractivity contribution >= 4 is 29.3 Å². The number of hydrogen-bond acceptors (Lipinski definition) is 6. The van der Waals surface area contributed by atoms with Crippen molar-refractivity contribution in [3.05, 3.63) is 70.9 Å². The fourth-order valence-corrected chi connectivity index (χ4v) is 4.31. The number of thioether (sulfide) groups is 1. The molecular formula is C21H18F2N4O3S. The van der Waals surface area contributed by atoms with Crippen LogP contribution in [0.15, 0.2) is 45.8 Å². The monoisotopic (exact) mass is 444 g/mol. The summed E-state index contributed by atoms with van der Waals surface area (Å²) < 4.78 is 32.2. The zero-order valence-corrected chi connectivity index (χ0v) is 17.5. The Kier molecular flexibility index (Phi) is 5.73. The van der Waals surface area contributed by atoms with Gasteiger partial charge in [0.25, 0.3) is 5.91 Å². The van der Waals surface area contributed by atoms with Crippen LogP contribution in [0.5, 0.6) is 0 Å². The van der Waals surface area contributed by atoms with Crippen LogP contribution in [0.4, 0.5) is 14.5 Å². The summed E-state index contributed by atoms with van der Waals surface area (Å²) in [5.41, 5.74) is 1.16. The van der Waals surface area contributed by atoms with Gasteiger partial charge in [0.1, 0.15) is 11.6 Å². The number of carbonyl (C=O) groups excluding carboxylic acids is 2. The topological polar surface area (TPSA) is 88.3 Å². The Hall–Kier alpha value is -3.27. The van der Waals surface area contributed by atoms with E-state index in [9.17, 15) is 18.4 Å². The van der Waals surface area contributed by atoms with E-state index >= 15 is 0 Å². The maximum absolute atomic E-state index is 13.6. The molecule has 1 aliphatic heterocycles. The minimum atomic E-state index is -0.716. The molecule has 1 atom stereocenters. The first-order valence-electron chi connectivity index (χ1n) is 9.44. The molecule has 0 saturated carbocycles. The Morgan fingerprint density at radius 1 is 1.23 bits per heavy atom. The number of halogens is 2. The number of fused-ring (bicyclic) bond motifs is 1. The molecule has 31 heavy (non-hydrogen) atoms. The fraction of sp³-hybridized carbons (Fsp3) is 0.238. The average Bonchev–Trinajstić information content (AvgIpc) is 3.14. The molecule has 0 bridgehead atoms. The van der Waals surface area contributed by atoms with Gasteiger partial charge in [-0.1, -0.05) is 5.16 Å². The van der Waals surface area contributed by atoms with E-state index < -0.39 is 11.6 Å². The number of anilines is 1. The maximum atomic E-state index is 13.6. The highest BCUT2D eigenvalue weighted by atomic mass is 32.2. The third kappa shape index (κ3) is 4.58. The molecule has 10 heteroatoms. The van der Waals surface area contributed by atoms with Gasteiger partial charge in [0.15, 0.2) is 5.82 Å². The summed E-state index contributed by atoms with van der Waals surface area (Å²) in [6.45, 7) is 3.49. The van der Waals surface area contributed by atoms with Crippen LogP contribution in [0, 0.1) is 18.6 Å². The Morgan fingerprint density at radius 2 is 1.97 bits per heavy atom. The summed E-state index contributed by atoms with van der Waals surface area (Å²) in [4.78, 5) is 31.7. The zero-order chi connectivity index (χ0) is 22.1. The standard InChI is InChI=1S/C21H18F2N4O3S/c1-11-21(29)27(10-13-5-15(22)8-16(23)6-13)17-7-14(3-4-18(17)31-11)20(28)24-9-19-25-12(2)26-30-19/h3-8,11H,9-10H2,1-2H3,(H,24,28). The van der Waals surface area contributed by atoms with E-state index in [1.165, 1.54) is 28.8 Å². The normalized spacial score (nSPS) is 15.7. The van der Waals surface area contributed by atoms with Gasteiger partial charge in [-0.15, -0.1) is 11.8 Å². The predicted molar refractivity (Wildman–Crippen MR) is 110 cm³/mol. The molecule has 1 unspecified atom stereocenters. The third-order valence-electron chi connectivity index (χ3n) is 4.66. The van der Waals surface area contributed by atoms with Crippen molar-refractivity contribution < 1.29 is 22.9 Å². The molecule has 1 N–H and O–H groups in total. The van der Waals surface area contributed by atoms with Gasteiger partial charge in [-0.05, 0) is 49.7 Å². The number of hydrogen-bond donors (Lipinski definition) is 1. The van der Waals surface area contributed by atoms with Gasteiger partial charge in [-0.3, -0.25) is 9.59 Å². The van der Waals surface area contributed by atoms with E-state index in [-0.39, 0.29) is 36.0 Å². The molecule has 1 aromatic heterocycles. The molecule has 2 aromatic carbocycles. The molecule has 2 amide bonds. The molecule has 7 nitrogen and oxygen atoms in total. The van der Waals surface area contributed by atoms with Crippen LogP contribution in [0.1, 0.15) is 34.6 Å². The van der Waals surface area contributed by atoms with Crippen molar-refractivity contribution in [3.8, 4) is 0 Å². The molecule has 2 heterocycles. The second-order valence-corrected chi connectivity index (χ2v) is 8.45. The lowest BCUT2D eigenvalue weighted by Gasteiger charge is -2.32. The third-order valence-corrected chi connectivity index (χ3v) is 5.82. The molecule has 0 spiro atoms. The van der Waals surface area contributed by atoms with Gasteiger partial charge < -0.3 is 14.7 Å². The van der Waals surface area contributed by atoms with Crippen molar-refractivity contribution in [1.29, 1.82) is 0 Å². The van der Waals surface area contributed by atoms with Crippen molar-refractivity contribution in [3.63, 3.8) is 0 Å². The van der Waals surface area contributed by atoms with E-state index in [1.54, 1.807) is 32.0 Å². The first-order chi connectivity index (χ1) is 14.8. The number of amides is 2. The van der Waals surface area contributed by atoms with Crippen LogP contribution >= 0.6 is 11.8 Å². The van der Waals surface area contributed by atoms with Gasteiger partial charge in [0.05, 0.1) is 24.0 Å². The van der Waals surface area contributed by atoms with E-state index in [2.05, 4.69) is 15.5 Å². The zero-order valence-electron chi connectivity index (χ0n) is 16.7. The molecule has 0 aliphatic carbocycles. The summed E-state index contributed by atoms with van der Waals surface area (Å²) in [6.07, 6.45) is 0. The van der Waals surface area contributed by atoms with E-state index in [0.717, 1.165) is 11.0 Å². The average molecular weight is 444 g/mol. The highest BCUT2D eigenvalue weighted by Gasteiger charge is 2.31. The first kappa shape index (κ1) is 21.0. The molecule has 4 rings (SSSR count). The highest BCUT2D eigenvalue weighted by molar-refractivity contribution is 8.01. The summed E-state index contributed by atoms with van der Waals surface area (Å²) in [5.74, 6) is -1.28. The lowest BCUT2D eigenvalue weighted by atomic mass is 10.1. The van der Waals surface area contributed by atoms with Gasteiger partial charge in [-0.25, -0.2) is 8.78 Å². The van der Waals surface area contributed by atoms with Crippen molar-refractivity contribution in [2.45, 2.75) is 37.1 Å². The van der Waals surface area contributed by atoms with Crippen LogP contribution < -0.4 is 10.2 Å². The lowest BCUT2D eigenvalue weighted by Crippen LogP contribution is -2.39. The van der Waals surface area contributed by atoms with E-state index in [4.69, 9.17) is 4.52 Å². The number of aryl methyl sites for hydroxylation is 1. The number of rotatable bonds is 5. The molecule has 160 valence electrons. The maximum Gasteiger partial charge on any atom is 0.251 e. The smallest absolute Gasteiger partial charge is 0.251 e. The number of carbonyl (C=O) groups is 2. The van der Waals surface area contributed by atoms with Gasteiger partial charge >= 0.3 is 0 Å². The fourth-order valence-electron chi connectivity index (χ4n) is 3.27. The quantitative estimate of drug-likeness (QED) is 0.647. The Bertz CT molecular complexity index is 1150. The summed E-state index contributed by atoms with van der Waals surface area (Å²) in [7, 11) is 0. The number of benzene rings is 2. The minimum absolute atomic E-state index is 0.0161. The summed E-state index contributed by atoms with van der Waals surface area (Å²) in [6, 6.07) is 8.16. The molecule has 0 radical (unpaired) electrons. The minimum Gasteiger partial charge on any atom is -0.343 e. The summed E-state index contributed by atoms with van der Waals surface area (Å²) in [5, 5.41) is 5.99. The SMILES string of the molecule is Cc1noc(CNC(=O)c2ccc3c(c2)N(Cc2cc(F)cc(F)c2)C(=O)C(C)S3)n1. The Morgan fingerprint density at radius 3 is 2.65 bits per heavy atom. The Labute approximate surface area is 180 Å². The van der Waals surface area contributed by atoms with Crippen molar-refractivity contribution in [1.82, 2.24) is 15.5 Å². The van der Waals surface area contributed by atoms with Gasteiger partial charge in [0.2, 0.25) is 11.8 Å². The molecule has 0 saturated heterocycles. The van der Waals surface area contributed by atoms with Crippen molar-refractivity contribution in [2.75, 3.05) is 4.90 Å². The number of nitrogens with one attached hydrogen (secondary N) is 1. The largest absolute Gasteiger partial charge is 0.343 e. The van der Waals surface area contributed by atoms with Crippen LogP contribution in [0.3, 0.4) is 0 Å². The highest BCUT2D eigenvalue weighted by Crippen LogP contribution is 2.40. The number of nitrogens with zero attached hydrogens (tertiary/aromatic N) is 3. The van der Waals surface area contributed by atoms with Crippen LogP contribution in [0.25, 0.3) is 0 Å². The molecule has 1 aliphatic rings.